The first-order valence-electron chi connectivity index (χ1n) is 9.47. The summed E-state index contributed by atoms with van der Waals surface area (Å²) in [4.78, 5) is 19.4. The zero-order valence-corrected chi connectivity index (χ0v) is 15.0. The van der Waals surface area contributed by atoms with Gasteiger partial charge in [-0.05, 0) is 49.4 Å². The molecule has 3 heterocycles. The van der Waals surface area contributed by atoms with E-state index < -0.39 is 0 Å². The van der Waals surface area contributed by atoms with Gasteiger partial charge in [0, 0.05) is 30.8 Å². The minimum Gasteiger partial charge on any atom is -0.464 e. The Morgan fingerprint density at radius 1 is 1.23 bits per heavy atom. The second-order valence-corrected chi connectivity index (χ2v) is 7.77. The van der Waals surface area contributed by atoms with Crippen LogP contribution in [0.4, 0.5) is 0 Å². The number of pyridine rings is 1. The third kappa shape index (κ3) is 3.07. The summed E-state index contributed by atoms with van der Waals surface area (Å²) in [6.45, 7) is 3.73. The first-order chi connectivity index (χ1) is 12.7. The molecule has 0 radical (unpaired) electrons. The summed E-state index contributed by atoms with van der Waals surface area (Å²) in [6.07, 6.45) is 5.42. The third-order valence-corrected chi connectivity index (χ3v) is 5.57. The summed E-state index contributed by atoms with van der Waals surface area (Å²) in [5, 5.41) is 0. The van der Waals surface area contributed by atoms with Gasteiger partial charge in [0.05, 0.1) is 12.2 Å². The smallest absolute Gasteiger partial charge is 0.258 e. The molecule has 2 saturated carbocycles. The number of hydrogen-bond donors (Lipinski definition) is 0. The van der Waals surface area contributed by atoms with Crippen LogP contribution in [0.2, 0.25) is 0 Å². The van der Waals surface area contributed by atoms with E-state index in [1.54, 1.807) is 16.7 Å². The van der Waals surface area contributed by atoms with E-state index in [2.05, 4.69) is 28.9 Å². The average Bonchev–Trinajstić information content (AvgIpc) is 3.55. The van der Waals surface area contributed by atoms with E-state index in [1.807, 2.05) is 18.2 Å². The Bertz CT molecular complexity index is 1000. The van der Waals surface area contributed by atoms with E-state index in [9.17, 15) is 4.79 Å². The Hall–Kier alpha value is -2.40. The van der Waals surface area contributed by atoms with Crippen LogP contribution in [0, 0.1) is 5.92 Å². The number of hydrogen-bond acceptors (Lipinski definition) is 4. The van der Waals surface area contributed by atoms with Crippen molar-refractivity contribution >= 4 is 5.65 Å². The molecule has 2 aliphatic rings. The van der Waals surface area contributed by atoms with Crippen LogP contribution in [0.25, 0.3) is 5.65 Å². The summed E-state index contributed by atoms with van der Waals surface area (Å²) in [6, 6.07) is 12.1. The summed E-state index contributed by atoms with van der Waals surface area (Å²) in [7, 11) is 0. The molecule has 0 unspecified atom stereocenters. The van der Waals surface area contributed by atoms with E-state index >= 15 is 0 Å². The number of furan rings is 1. The highest BCUT2D eigenvalue weighted by Crippen LogP contribution is 2.47. The Kier molecular flexibility index (Phi) is 3.71. The quantitative estimate of drug-likeness (QED) is 0.683. The molecule has 2 aliphatic carbocycles. The Morgan fingerprint density at radius 2 is 2.08 bits per heavy atom. The lowest BCUT2D eigenvalue weighted by Crippen LogP contribution is -2.27. The van der Waals surface area contributed by atoms with Crippen molar-refractivity contribution in [2.24, 2.45) is 5.92 Å². The van der Waals surface area contributed by atoms with Crippen molar-refractivity contribution in [2.75, 3.05) is 0 Å². The highest BCUT2D eigenvalue weighted by atomic mass is 16.3. The largest absolute Gasteiger partial charge is 0.464 e. The summed E-state index contributed by atoms with van der Waals surface area (Å²) in [5.41, 5.74) is 1.51. The van der Waals surface area contributed by atoms with Crippen LogP contribution >= 0.6 is 0 Å². The molecule has 0 bridgehead atoms. The van der Waals surface area contributed by atoms with Crippen molar-refractivity contribution in [3.8, 4) is 0 Å². The van der Waals surface area contributed by atoms with Crippen LogP contribution in [0.3, 0.4) is 0 Å². The molecule has 0 spiro atoms. The van der Waals surface area contributed by atoms with Gasteiger partial charge in [-0.25, -0.2) is 4.98 Å². The van der Waals surface area contributed by atoms with E-state index in [-0.39, 0.29) is 5.56 Å². The lowest BCUT2D eigenvalue weighted by molar-refractivity contribution is 0.220. The molecule has 0 aliphatic heterocycles. The summed E-state index contributed by atoms with van der Waals surface area (Å²) in [5.74, 6) is 3.51. The molecule has 3 aromatic rings. The number of aromatic nitrogens is 2. The van der Waals surface area contributed by atoms with Gasteiger partial charge in [-0.3, -0.25) is 14.1 Å². The molecule has 0 aromatic carbocycles. The second kappa shape index (κ2) is 6.09. The molecular weight excluding hydrogens is 326 g/mol. The van der Waals surface area contributed by atoms with Crippen LogP contribution in [0.1, 0.15) is 49.3 Å². The molecule has 3 aromatic heterocycles. The van der Waals surface area contributed by atoms with Gasteiger partial charge in [0.25, 0.3) is 5.56 Å². The lowest BCUT2D eigenvalue weighted by atomic mass is 10.2. The fourth-order valence-electron chi connectivity index (χ4n) is 3.74. The number of fused-ring (bicyclic) bond motifs is 1. The van der Waals surface area contributed by atoms with Crippen molar-refractivity contribution in [1.29, 1.82) is 0 Å². The second-order valence-electron chi connectivity index (χ2n) is 7.77. The van der Waals surface area contributed by atoms with Gasteiger partial charge in [0.1, 0.15) is 17.2 Å². The van der Waals surface area contributed by atoms with Crippen molar-refractivity contribution in [2.45, 2.75) is 51.2 Å². The number of nitrogens with zero attached hydrogens (tertiary/aromatic N) is 3. The molecule has 2 atom stereocenters. The molecule has 0 saturated heterocycles. The minimum absolute atomic E-state index is 0.0237. The van der Waals surface area contributed by atoms with E-state index in [0.29, 0.717) is 24.2 Å². The van der Waals surface area contributed by atoms with Crippen molar-refractivity contribution in [3.63, 3.8) is 0 Å². The van der Waals surface area contributed by atoms with Gasteiger partial charge in [-0.15, -0.1) is 0 Å². The van der Waals surface area contributed by atoms with Crippen LogP contribution < -0.4 is 5.56 Å². The number of rotatable bonds is 6. The third-order valence-electron chi connectivity index (χ3n) is 5.57. The van der Waals surface area contributed by atoms with Crippen molar-refractivity contribution in [3.05, 3.63) is 70.2 Å². The van der Waals surface area contributed by atoms with Gasteiger partial charge in [-0.2, -0.15) is 0 Å². The predicted octanol–water partition coefficient (Wildman–Crippen LogP) is 3.58. The monoisotopic (exact) mass is 349 g/mol. The average molecular weight is 349 g/mol. The normalized spacial score (nSPS) is 22.2. The predicted molar refractivity (Wildman–Crippen MR) is 99.0 cm³/mol. The Morgan fingerprint density at radius 3 is 2.85 bits per heavy atom. The maximum absolute atomic E-state index is 12.3. The molecule has 0 N–H and O–H groups in total. The van der Waals surface area contributed by atoms with Gasteiger partial charge < -0.3 is 4.42 Å². The minimum atomic E-state index is -0.0237. The maximum Gasteiger partial charge on any atom is 0.258 e. The summed E-state index contributed by atoms with van der Waals surface area (Å²) >= 11 is 0. The van der Waals surface area contributed by atoms with E-state index in [1.165, 1.54) is 19.3 Å². The molecule has 134 valence electrons. The van der Waals surface area contributed by atoms with Crippen LogP contribution in [0.5, 0.6) is 0 Å². The first kappa shape index (κ1) is 15.8. The molecular formula is C21H23N3O2. The Balaban J connectivity index is 1.36. The maximum atomic E-state index is 12.3. The van der Waals surface area contributed by atoms with Gasteiger partial charge in [0.2, 0.25) is 0 Å². The molecule has 26 heavy (non-hydrogen) atoms. The van der Waals surface area contributed by atoms with Crippen LogP contribution in [0.15, 0.2) is 51.8 Å². The molecule has 5 nitrogen and oxygen atoms in total. The van der Waals surface area contributed by atoms with Gasteiger partial charge >= 0.3 is 0 Å². The SMILES string of the molecule is C[C@H]1C[C@@H]1c1ccc(CN(Cc2cc(=O)n3ccccc3n2)C2CC2)o1. The first-order valence-corrected chi connectivity index (χ1v) is 9.47. The zero-order valence-electron chi connectivity index (χ0n) is 15.0. The fraction of sp³-hybridized carbons (Fsp3) is 0.429. The molecule has 2 fully saturated rings. The van der Waals surface area contributed by atoms with Crippen LogP contribution in [-0.4, -0.2) is 20.3 Å². The lowest BCUT2D eigenvalue weighted by Gasteiger charge is -2.20. The van der Waals surface area contributed by atoms with Gasteiger partial charge in [0.15, 0.2) is 0 Å². The highest BCUT2D eigenvalue weighted by molar-refractivity contribution is 5.38. The zero-order chi connectivity index (χ0) is 17.7. The molecule has 5 rings (SSSR count). The molecule has 5 heteroatoms. The van der Waals surface area contributed by atoms with Crippen molar-refractivity contribution < 1.29 is 4.42 Å². The molecule has 0 amide bonds. The van der Waals surface area contributed by atoms with Gasteiger partial charge in [-0.1, -0.05) is 13.0 Å². The van der Waals surface area contributed by atoms with Crippen LogP contribution in [-0.2, 0) is 13.1 Å². The highest BCUT2D eigenvalue weighted by Gasteiger charge is 2.37. The Labute approximate surface area is 152 Å². The topological polar surface area (TPSA) is 50.8 Å². The van der Waals surface area contributed by atoms with E-state index in [0.717, 1.165) is 29.7 Å². The standard InChI is InChI=1S/C21H23N3O2/c1-14-10-18(14)19-8-7-17(26-19)13-23(16-5-6-16)12-15-11-21(25)24-9-3-2-4-20(24)22-15/h2-4,7-9,11,14,16,18H,5-6,10,12-13H2,1H3/t14-,18-/m0/s1. The van der Waals surface area contributed by atoms with Crippen molar-refractivity contribution in [1.82, 2.24) is 14.3 Å². The van der Waals surface area contributed by atoms with E-state index in [4.69, 9.17) is 4.42 Å². The fourth-order valence-corrected chi connectivity index (χ4v) is 3.74. The summed E-state index contributed by atoms with van der Waals surface area (Å²) < 4.78 is 7.67.